The van der Waals surface area contributed by atoms with Crippen molar-refractivity contribution in [1.82, 2.24) is 14.9 Å². The zero-order valence-corrected chi connectivity index (χ0v) is 14.5. The standard InChI is InChI=1S/C16H27N5S/c1-12-18-15(13-9-14(17)10-13)11-16(19-12)21-5-3-20(4-6-21)7-8-22-2/h11,13-14H,3-10,17H2,1-2H3. The zero-order valence-electron chi connectivity index (χ0n) is 13.7. The summed E-state index contributed by atoms with van der Waals surface area (Å²) in [5.74, 6) is 3.75. The Bertz CT molecular complexity index is 495. The van der Waals surface area contributed by atoms with E-state index < -0.39 is 0 Å². The molecule has 3 rings (SSSR count). The molecule has 1 aliphatic heterocycles. The number of rotatable bonds is 5. The van der Waals surface area contributed by atoms with Crippen molar-refractivity contribution in [2.45, 2.75) is 31.7 Å². The average Bonchev–Trinajstić information content (AvgIpc) is 2.49. The molecule has 0 atom stereocenters. The van der Waals surface area contributed by atoms with Gasteiger partial charge in [-0.05, 0) is 26.0 Å². The first kappa shape index (κ1) is 16.0. The lowest BCUT2D eigenvalue weighted by molar-refractivity contribution is 0.272. The molecule has 2 heterocycles. The Hall–Kier alpha value is -0.850. The second-order valence-corrected chi connectivity index (χ2v) is 7.43. The van der Waals surface area contributed by atoms with Crippen molar-refractivity contribution in [3.63, 3.8) is 0 Å². The van der Waals surface area contributed by atoms with Crippen LogP contribution in [0.25, 0.3) is 0 Å². The summed E-state index contributed by atoms with van der Waals surface area (Å²) >= 11 is 1.92. The third-order valence-corrected chi connectivity index (χ3v) is 5.34. The van der Waals surface area contributed by atoms with Crippen LogP contribution in [-0.2, 0) is 0 Å². The van der Waals surface area contributed by atoms with E-state index in [1.165, 1.54) is 18.0 Å². The SMILES string of the molecule is CSCCN1CCN(c2cc(C3CC(N)C3)nc(C)n2)CC1. The normalized spacial score (nSPS) is 26.0. The average molecular weight is 321 g/mol. The van der Waals surface area contributed by atoms with E-state index in [9.17, 15) is 0 Å². The second kappa shape index (κ2) is 7.15. The predicted octanol–water partition coefficient (Wildman–Crippen LogP) is 1.47. The molecule has 1 aromatic rings. The molecule has 0 unspecified atom stereocenters. The summed E-state index contributed by atoms with van der Waals surface area (Å²) < 4.78 is 0. The zero-order chi connectivity index (χ0) is 15.5. The molecule has 0 amide bonds. The fourth-order valence-corrected chi connectivity index (χ4v) is 3.71. The number of thioether (sulfide) groups is 1. The minimum Gasteiger partial charge on any atom is -0.354 e. The molecule has 0 bridgehead atoms. The number of piperazine rings is 1. The fraction of sp³-hybridized carbons (Fsp3) is 0.750. The number of aryl methyl sites for hydroxylation is 1. The van der Waals surface area contributed by atoms with E-state index in [0.717, 1.165) is 50.7 Å². The number of anilines is 1. The van der Waals surface area contributed by atoms with Gasteiger partial charge in [-0.3, -0.25) is 4.90 Å². The highest BCUT2D eigenvalue weighted by Gasteiger charge is 2.29. The molecule has 1 saturated carbocycles. The predicted molar refractivity (Wildman–Crippen MR) is 93.8 cm³/mol. The van der Waals surface area contributed by atoms with Crippen LogP contribution in [-0.4, -0.2) is 65.6 Å². The Balaban J connectivity index is 1.63. The summed E-state index contributed by atoms with van der Waals surface area (Å²) in [4.78, 5) is 14.3. The third-order valence-electron chi connectivity index (χ3n) is 4.74. The molecule has 1 aromatic heterocycles. The van der Waals surface area contributed by atoms with E-state index in [-0.39, 0.29) is 0 Å². The molecule has 5 nitrogen and oxygen atoms in total. The van der Waals surface area contributed by atoms with Crippen LogP contribution in [0.5, 0.6) is 0 Å². The summed E-state index contributed by atoms with van der Waals surface area (Å²) in [6, 6.07) is 2.56. The fourth-order valence-electron chi connectivity index (χ4n) is 3.27. The van der Waals surface area contributed by atoms with Gasteiger partial charge in [-0.15, -0.1) is 0 Å². The lowest BCUT2D eigenvalue weighted by Crippen LogP contribution is -2.47. The molecule has 6 heteroatoms. The topological polar surface area (TPSA) is 58.3 Å². The number of nitrogens with two attached hydrogens (primary N) is 1. The monoisotopic (exact) mass is 321 g/mol. The maximum atomic E-state index is 5.92. The smallest absolute Gasteiger partial charge is 0.132 e. The second-order valence-electron chi connectivity index (χ2n) is 6.45. The van der Waals surface area contributed by atoms with Gasteiger partial charge in [0.1, 0.15) is 11.6 Å². The summed E-state index contributed by atoms with van der Waals surface area (Å²) in [6.07, 6.45) is 4.31. The molecular weight excluding hydrogens is 294 g/mol. The minimum absolute atomic E-state index is 0.365. The lowest BCUT2D eigenvalue weighted by Gasteiger charge is -2.36. The molecule has 2 aliphatic rings. The van der Waals surface area contributed by atoms with Gasteiger partial charge in [-0.2, -0.15) is 11.8 Å². The number of hydrogen-bond acceptors (Lipinski definition) is 6. The molecular formula is C16H27N5S. The van der Waals surface area contributed by atoms with Crippen molar-refractivity contribution >= 4 is 17.6 Å². The van der Waals surface area contributed by atoms with Crippen LogP contribution in [0.1, 0.15) is 30.3 Å². The maximum Gasteiger partial charge on any atom is 0.132 e. The van der Waals surface area contributed by atoms with Crippen LogP contribution >= 0.6 is 11.8 Å². The number of aromatic nitrogens is 2. The molecule has 1 saturated heterocycles. The highest BCUT2D eigenvalue weighted by atomic mass is 32.2. The van der Waals surface area contributed by atoms with Crippen molar-refractivity contribution in [3.8, 4) is 0 Å². The van der Waals surface area contributed by atoms with Crippen molar-refractivity contribution in [1.29, 1.82) is 0 Å². The van der Waals surface area contributed by atoms with Gasteiger partial charge in [0.25, 0.3) is 0 Å². The number of hydrogen-bond donors (Lipinski definition) is 1. The summed E-state index contributed by atoms with van der Waals surface area (Å²) in [5.41, 5.74) is 7.11. The highest BCUT2D eigenvalue weighted by Crippen LogP contribution is 2.35. The molecule has 1 aliphatic carbocycles. The summed E-state index contributed by atoms with van der Waals surface area (Å²) in [5, 5.41) is 0. The maximum absolute atomic E-state index is 5.92. The quantitative estimate of drug-likeness (QED) is 0.886. The van der Waals surface area contributed by atoms with Gasteiger partial charge in [0.05, 0.1) is 0 Å². The highest BCUT2D eigenvalue weighted by molar-refractivity contribution is 7.98. The molecule has 2 fully saturated rings. The molecule has 0 spiro atoms. The lowest BCUT2D eigenvalue weighted by atomic mass is 9.78. The van der Waals surface area contributed by atoms with Crippen LogP contribution < -0.4 is 10.6 Å². The molecule has 122 valence electrons. The third kappa shape index (κ3) is 3.73. The number of nitrogens with zero attached hydrogens (tertiary/aromatic N) is 4. The van der Waals surface area contributed by atoms with Crippen LogP contribution in [0.3, 0.4) is 0 Å². The van der Waals surface area contributed by atoms with Crippen molar-refractivity contribution in [2.24, 2.45) is 5.73 Å². The Kier molecular flexibility index (Phi) is 5.21. The molecule has 2 N–H and O–H groups in total. The van der Waals surface area contributed by atoms with Crippen molar-refractivity contribution in [3.05, 3.63) is 17.6 Å². The summed E-state index contributed by atoms with van der Waals surface area (Å²) in [7, 11) is 0. The van der Waals surface area contributed by atoms with Gasteiger partial charge >= 0.3 is 0 Å². The van der Waals surface area contributed by atoms with Crippen molar-refractivity contribution < 1.29 is 0 Å². The Morgan fingerprint density at radius 1 is 1.23 bits per heavy atom. The molecule has 0 radical (unpaired) electrons. The van der Waals surface area contributed by atoms with Crippen LogP contribution in [0, 0.1) is 6.92 Å². The first-order valence-electron chi connectivity index (χ1n) is 8.23. The van der Waals surface area contributed by atoms with Crippen molar-refractivity contribution in [2.75, 3.05) is 49.6 Å². The van der Waals surface area contributed by atoms with E-state index in [1.54, 1.807) is 0 Å². The van der Waals surface area contributed by atoms with E-state index >= 15 is 0 Å². The first-order valence-corrected chi connectivity index (χ1v) is 9.62. The molecule has 22 heavy (non-hydrogen) atoms. The van der Waals surface area contributed by atoms with Gasteiger partial charge in [-0.25, -0.2) is 9.97 Å². The van der Waals surface area contributed by atoms with Gasteiger partial charge < -0.3 is 10.6 Å². The van der Waals surface area contributed by atoms with Crippen LogP contribution in [0.4, 0.5) is 5.82 Å². The van der Waals surface area contributed by atoms with E-state index in [4.69, 9.17) is 5.73 Å². The molecule has 0 aromatic carbocycles. The Labute approximate surface area is 137 Å². The Morgan fingerprint density at radius 3 is 2.59 bits per heavy atom. The van der Waals surface area contributed by atoms with Crippen LogP contribution in [0.2, 0.25) is 0 Å². The van der Waals surface area contributed by atoms with Gasteiger partial charge in [0.2, 0.25) is 0 Å². The summed E-state index contributed by atoms with van der Waals surface area (Å²) in [6.45, 7) is 7.59. The van der Waals surface area contributed by atoms with Gasteiger partial charge in [0, 0.05) is 62.2 Å². The van der Waals surface area contributed by atoms with E-state index in [0.29, 0.717) is 12.0 Å². The largest absolute Gasteiger partial charge is 0.354 e. The Morgan fingerprint density at radius 2 is 1.95 bits per heavy atom. The minimum atomic E-state index is 0.365. The van der Waals surface area contributed by atoms with Crippen LogP contribution in [0.15, 0.2) is 6.07 Å². The van der Waals surface area contributed by atoms with E-state index in [1.807, 2.05) is 18.7 Å². The van der Waals surface area contributed by atoms with Gasteiger partial charge in [0.15, 0.2) is 0 Å². The first-order chi connectivity index (χ1) is 10.7. The van der Waals surface area contributed by atoms with Gasteiger partial charge in [-0.1, -0.05) is 0 Å². The van der Waals surface area contributed by atoms with E-state index in [2.05, 4.69) is 32.1 Å².